The van der Waals surface area contributed by atoms with Crippen LogP contribution in [0.15, 0.2) is 60.0 Å². The predicted octanol–water partition coefficient (Wildman–Crippen LogP) is 4.02. The number of thiazole rings is 1. The Bertz CT molecular complexity index is 989. The van der Waals surface area contributed by atoms with Gasteiger partial charge in [0.05, 0.1) is 35.9 Å². The summed E-state index contributed by atoms with van der Waals surface area (Å²) >= 11 is 1.62. The Morgan fingerprint density at radius 3 is 2.77 bits per heavy atom. The number of ether oxygens (including phenoxy) is 1. The first-order valence-electron chi connectivity index (χ1n) is 10.3. The van der Waals surface area contributed by atoms with Gasteiger partial charge < -0.3 is 14.5 Å². The average Bonchev–Trinajstić information content (AvgIpc) is 3.20. The van der Waals surface area contributed by atoms with Crippen LogP contribution in [0.1, 0.15) is 23.2 Å². The molecule has 6 heteroatoms. The molecule has 0 bridgehead atoms. The van der Waals surface area contributed by atoms with Crippen LogP contribution in [-0.4, -0.2) is 48.6 Å². The third-order valence-corrected chi connectivity index (χ3v) is 6.24. The van der Waals surface area contributed by atoms with Gasteiger partial charge in [-0.25, -0.2) is 4.98 Å². The zero-order valence-corrected chi connectivity index (χ0v) is 18.3. The molecule has 2 aromatic carbocycles. The van der Waals surface area contributed by atoms with E-state index in [0.717, 1.165) is 41.6 Å². The Labute approximate surface area is 181 Å². The topological polar surface area (TPSA) is 45.7 Å². The molecule has 0 N–H and O–H groups in total. The Morgan fingerprint density at radius 1 is 1.20 bits per heavy atom. The molecular weight excluding hydrogens is 394 g/mol. The van der Waals surface area contributed by atoms with Crippen LogP contribution in [0.4, 0.5) is 5.69 Å². The molecule has 156 valence electrons. The highest BCUT2D eigenvalue weighted by Gasteiger charge is 2.26. The number of benzene rings is 2. The van der Waals surface area contributed by atoms with Crippen LogP contribution in [0, 0.1) is 0 Å². The minimum absolute atomic E-state index is 0.0436. The standard InChI is InChI=1S/C24H27N3O2S/c1-3-27-16-20(29-22-12-8-7-11-21(22)27)15-26(2)24(28)14-19-17-30-23(25-19)13-18-9-5-4-6-10-18/h4-12,17,20H,3,13-16H2,1-2H3. The second kappa shape index (κ2) is 9.30. The lowest BCUT2D eigenvalue weighted by Gasteiger charge is -2.37. The summed E-state index contributed by atoms with van der Waals surface area (Å²) in [7, 11) is 1.85. The van der Waals surface area contributed by atoms with Crippen LogP contribution >= 0.6 is 11.3 Å². The molecule has 0 saturated carbocycles. The van der Waals surface area contributed by atoms with Gasteiger partial charge in [0.15, 0.2) is 0 Å². The number of hydrogen-bond donors (Lipinski definition) is 0. The van der Waals surface area contributed by atoms with E-state index in [-0.39, 0.29) is 12.0 Å². The normalized spacial score (nSPS) is 15.4. The number of carbonyl (C=O) groups excluding carboxylic acids is 1. The summed E-state index contributed by atoms with van der Waals surface area (Å²) in [5.74, 6) is 0.957. The number of amides is 1. The van der Waals surface area contributed by atoms with E-state index in [1.54, 1.807) is 16.2 Å². The van der Waals surface area contributed by atoms with Crippen molar-refractivity contribution in [1.82, 2.24) is 9.88 Å². The minimum Gasteiger partial charge on any atom is -0.485 e. The van der Waals surface area contributed by atoms with E-state index in [9.17, 15) is 4.79 Å². The van der Waals surface area contributed by atoms with E-state index in [2.05, 4.69) is 35.0 Å². The van der Waals surface area contributed by atoms with E-state index < -0.39 is 0 Å². The largest absolute Gasteiger partial charge is 0.485 e. The Hall–Kier alpha value is -2.86. The lowest BCUT2D eigenvalue weighted by Crippen LogP contribution is -2.47. The molecule has 0 radical (unpaired) electrons. The maximum absolute atomic E-state index is 12.8. The molecule has 4 rings (SSSR count). The van der Waals surface area contributed by atoms with Crippen LogP contribution in [0.3, 0.4) is 0 Å². The molecule has 30 heavy (non-hydrogen) atoms. The summed E-state index contributed by atoms with van der Waals surface area (Å²) in [6.45, 7) is 4.40. The van der Waals surface area contributed by atoms with Crippen molar-refractivity contribution in [2.24, 2.45) is 0 Å². The predicted molar refractivity (Wildman–Crippen MR) is 121 cm³/mol. The summed E-state index contributed by atoms with van der Waals surface area (Å²) in [6, 6.07) is 18.4. The van der Waals surface area contributed by atoms with Gasteiger partial charge in [-0.05, 0) is 24.6 Å². The van der Waals surface area contributed by atoms with E-state index in [4.69, 9.17) is 4.74 Å². The first-order valence-corrected chi connectivity index (χ1v) is 11.2. The molecule has 3 aromatic rings. The van der Waals surface area contributed by atoms with Crippen LogP contribution < -0.4 is 9.64 Å². The van der Waals surface area contributed by atoms with Crippen LogP contribution in [-0.2, 0) is 17.6 Å². The van der Waals surface area contributed by atoms with E-state index >= 15 is 0 Å². The zero-order chi connectivity index (χ0) is 20.9. The summed E-state index contributed by atoms with van der Waals surface area (Å²) < 4.78 is 6.16. The SMILES string of the molecule is CCN1CC(CN(C)C(=O)Cc2csc(Cc3ccccc3)n2)Oc2ccccc21. The summed E-state index contributed by atoms with van der Waals surface area (Å²) in [6.07, 6.45) is 1.08. The fraction of sp³-hybridized carbons (Fsp3) is 0.333. The second-order valence-corrected chi connectivity index (χ2v) is 8.53. The van der Waals surface area contributed by atoms with Gasteiger partial charge in [0.2, 0.25) is 5.91 Å². The van der Waals surface area contributed by atoms with E-state index in [1.807, 2.05) is 48.8 Å². The molecule has 0 fully saturated rings. The van der Waals surface area contributed by atoms with Crippen molar-refractivity contribution < 1.29 is 9.53 Å². The number of aromatic nitrogens is 1. The lowest BCUT2D eigenvalue weighted by atomic mass is 10.1. The molecule has 2 heterocycles. The van der Waals surface area contributed by atoms with Gasteiger partial charge in [-0.1, -0.05) is 42.5 Å². The van der Waals surface area contributed by atoms with Gasteiger partial charge in [0, 0.05) is 25.4 Å². The molecule has 1 aromatic heterocycles. The Balaban J connectivity index is 1.33. The number of hydrogen-bond acceptors (Lipinski definition) is 5. The molecule has 1 atom stereocenters. The number of rotatable bonds is 7. The van der Waals surface area contributed by atoms with Crippen molar-refractivity contribution in [3.8, 4) is 5.75 Å². The highest BCUT2D eigenvalue weighted by molar-refractivity contribution is 7.09. The van der Waals surface area contributed by atoms with Crippen LogP contribution in [0.25, 0.3) is 0 Å². The molecule has 1 amide bonds. The number of fused-ring (bicyclic) bond motifs is 1. The molecule has 5 nitrogen and oxygen atoms in total. The third kappa shape index (κ3) is 4.82. The van der Waals surface area contributed by atoms with Crippen LogP contribution in [0.2, 0.25) is 0 Å². The molecule has 0 saturated heterocycles. The lowest BCUT2D eigenvalue weighted by molar-refractivity contribution is -0.130. The number of nitrogens with zero attached hydrogens (tertiary/aromatic N) is 3. The van der Waals surface area contributed by atoms with E-state index in [0.29, 0.717) is 13.0 Å². The smallest absolute Gasteiger partial charge is 0.228 e. The fourth-order valence-electron chi connectivity index (χ4n) is 3.75. The number of carbonyl (C=O) groups is 1. The highest BCUT2D eigenvalue weighted by Crippen LogP contribution is 2.32. The Kier molecular flexibility index (Phi) is 6.33. The maximum Gasteiger partial charge on any atom is 0.228 e. The van der Waals surface area contributed by atoms with Gasteiger partial charge in [-0.3, -0.25) is 4.79 Å². The van der Waals surface area contributed by atoms with Gasteiger partial charge in [-0.15, -0.1) is 11.3 Å². The molecule has 1 unspecified atom stereocenters. The summed E-state index contributed by atoms with van der Waals surface area (Å²) in [5, 5.41) is 3.04. The Morgan fingerprint density at radius 2 is 1.97 bits per heavy atom. The zero-order valence-electron chi connectivity index (χ0n) is 17.5. The first kappa shape index (κ1) is 20.4. The molecule has 1 aliphatic rings. The second-order valence-electron chi connectivity index (χ2n) is 7.59. The van der Waals surface area contributed by atoms with Gasteiger partial charge in [0.1, 0.15) is 11.9 Å². The van der Waals surface area contributed by atoms with Crippen LogP contribution in [0.5, 0.6) is 5.75 Å². The van der Waals surface area contributed by atoms with Crippen molar-refractivity contribution in [1.29, 1.82) is 0 Å². The first-order chi connectivity index (χ1) is 14.6. The molecule has 0 aliphatic carbocycles. The van der Waals surface area contributed by atoms with Gasteiger partial charge in [0.25, 0.3) is 0 Å². The molecule has 1 aliphatic heterocycles. The molecule has 0 spiro atoms. The minimum atomic E-state index is -0.0436. The van der Waals surface area contributed by atoms with Gasteiger partial charge in [-0.2, -0.15) is 0 Å². The summed E-state index contributed by atoms with van der Waals surface area (Å²) in [4.78, 5) is 21.5. The third-order valence-electron chi connectivity index (χ3n) is 5.34. The fourth-order valence-corrected chi connectivity index (χ4v) is 4.58. The maximum atomic E-state index is 12.8. The van der Waals surface area contributed by atoms with Crippen molar-refractivity contribution in [2.75, 3.05) is 31.6 Å². The number of para-hydroxylation sites is 2. The van der Waals surface area contributed by atoms with Crippen molar-refractivity contribution in [3.63, 3.8) is 0 Å². The number of anilines is 1. The average molecular weight is 422 g/mol. The monoisotopic (exact) mass is 421 g/mol. The number of likely N-dealkylation sites (N-methyl/N-ethyl adjacent to an activating group) is 2. The van der Waals surface area contributed by atoms with Crippen molar-refractivity contribution in [3.05, 3.63) is 76.2 Å². The quantitative estimate of drug-likeness (QED) is 0.578. The molecular formula is C24H27N3O2S. The highest BCUT2D eigenvalue weighted by atomic mass is 32.1. The van der Waals surface area contributed by atoms with Gasteiger partial charge >= 0.3 is 0 Å². The van der Waals surface area contributed by atoms with Crippen molar-refractivity contribution >= 4 is 22.9 Å². The summed E-state index contributed by atoms with van der Waals surface area (Å²) in [5.41, 5.74) is 3.20. The van der Waals surface area contributed by atoms with Crippen molar-refractivity contribution in [2.45, 2.75) is 25.9 Å². The van der Waals surface area contributed by atoms with E-state index in [1.165, 1.54) is 5.56 Å².